The lowest BCUT2D eigenvalue weighted by molar-refractivity contribution is -0.143. The van der Waals surface area contributed by atoms with E-state index in [1.165, 1.54) is 23.9 Å². The molecule has 1 aliphatic rings. The summed E-state index contributed by atoms with van der Waals surface area (Å²) < 4.78 is 24.6. The number of allylic oxidation sites excluding steroid dienone is 1. The van der Waals surface area contributed by atoms with E-state index in [2.05, 4.69) is 0 Å². The topological polar surface area (TPSA) is 65.0 Å². The molecule has 0 amide bonds. The normalized spacial score (nSPS) is 18.0. The van der Waals surface area contributed by atoms with E-state index in [1.54, 1.807) is 38.1 Å². The zero-order valence-electron chi connectivity index (χ0n) is 18.4. The minimum Gasteiger partial charge on any atom is -0.466 e. The number of carbonyl (C=O) groups is 2. The molecule has 33 heavy (non-hydrogen) atoms. The van der Waals surface area contributed by atoms with Gasteiger partial charge in [-0.1, -0.05) is 48.2 Å². The average molecular weight is 490 g/mol. The Morgan fingerprint density at radius 1 is 1.12 bits per heavy atom. The van der Waals surface area contributed by atoms with Crippen LogP contribution in [0.2, 0.25) is 0 Å². The molecule has 8 heteroatoms. The number of hydrogen-bond donors (Lipinski definition) is 0. The van der Waals surface area contributed by atoms with Crippen molar-refractivity contribution >= 4 is 46.0 Å². The minimum absolute atomic E-state index is 0.0789. The van der Waals surface area contributed by atoms with Gasteiger partial charge < -0.3 is 9.47 Å². The second-order valence-corrected chi connectivity index (χ2v) is 8.76. The predicted octanol–water partition coefficient (Wildman–Crippen LogP) is 5.97. The predicted molar refractivity (Wildman–Crippen MR) is 129 cm³/mol. The number of hydrogen-bond acceptors (Lipinski definition) is 6. The molecule has 2 aromatic carbocycles. The van der Waals surface area contributed by atoms with Gasteiger partial charge in [0.2, 0.25) is 0 Å². The van der Waals surface area contributed by atoms with Crippen LogP contribution in [0.3, 0.4) is 0 Å². The lowest BCUT2D eigenvalue weighted by atomic mass is 9.75. The number of nitrogens with zero attached hydrogens (tertiary/aromatic N) is 1. The Labute approximate surface area is 202 Å². The zero-order chi connectivity index (χ0) is 23.8. The fourth-order valence-corrected chi connectivity index (χ4v) is 5.37. The van der Waals surface area contributed by atoms with E-state index in [0.29, 0.717) is 15.6 Å². The monoisotopic (exact) mass is 489 g/mol. The first-order valence-corrected chi connectivity index (χ1v) is 11.9. The third-order valence-corrected chi connectivity index (χ3v) is 6.94. The first-order valence-electron chi connectivity index (χ1n) is 10.7. The average Bonchev–Trinajstić information content (AvgIpc) is 3.12. The lowest BCUT2D eigenvalue weighted by Crippen LogP contribution is -2.40. The molecular weight excluding hydrogens is 465 g/mol. The smallest absolute Gasteiger partial charge is 0.330 e. The Balaban J connectivity index is 2.07. The number of ether oxygens (including phenoxy) is 2. The molecule has 0 aromatic heterocycles. The summed E-state index contributed by atoms with van der Waals surface area (Å²) in [4.78, 5) is 29.4. The maximum Gasteiger partial charge on any atom is 0.330 e. The number of thioether (sulfide) groups is 1. The van der Waals surface area contributed by atoms with Crippen molar-refractivity contribution < 1.29 is 23.5 Å². The van der Waals surface area contributed by atoms with Crippen molar-refractivity contribution in [3.05, 3.63) is 72.1 Å². The Morgan fingerprint density at radius 3 is 2.55 bits per heavy atom. The summed E-state index contributed by atoms with van der Waals surface area (Å²) in [5.41, 5.74) is 0.526. The van der Waals surface area contributed by atoms with Crippen LogP contribution in [0.15, 0.2) is 70.6 Å². The van der Waals surface area contributed by atoms with E-state index in [9.17, 15) is 14.0 Å². The maximum absolute atomic E-state index is 14.5. The number of benzene rings is 2. The van der Waals surface area contributed by atoms with Gasteiger partial charge in [0, 0.05) is 17.4 Å². The standard InChI is InChI=1S/C25H25ClFNO4S/c1-3-31-22(29)14-13-21(26)25(16-15-23(30)32-4-2)17-9-5-7-11-19(17)28-24(25)33-20-12-8-6-10-18(20)27/h5-14,21H,3-4,15-16H2,1-2H3/b14-13+/t21-,25-/m0/s1. The second kappa shape index (κ2) is 11.5. The molecule has 5 nitrogen and oxygen atoms in total. The van der Waals surface area contributed by atoms with Crippen molar-refractivity contribution in [3.63, 3.8) is 0 Å². The summed E-state index contributed by atoms with van der Waals surface area (Å²) in [6.07, 6.45) is 3.17. The molecule has 0 N–H and O–H groups in total. The van der Waals surface area contributed by atoms with Gasteiger partial charge in [-0.2, -0.15) is 0 Å². The molecule has 1 heterocycles. The van der Waals surface area contributed by atoms with Gasteiger partial charge in [-0.3, -0.25) is 4.79 Å². The molecule has 0 bridgehead atoms. The fraction of sp³-hybridized carbons (Fsp3) is 0.320. The highest BCUT2D eigenvalue weighted by Crippen LogP contribution is 2.52. The number of fused-ring (bicyclic) bond motifs is 1. The Kier molecular flexibility index (Phi) is 8.69. The summed E-state index contributed by atoms with van der Waals surface area (Å²) >= 11 is 8.11. The molecule has 0 saturated heterocycles. The Morgan fingerprint density at radius 2 is 1.82 bits per heavy atom. The van der Waals surface area contributed by atoms with Gasteiger partial charge in [0.15, 0.2) is 0 Å². The van der Waals surface area contributed by atoms with Crippen molar-refractivity contribution in [1.29, 1.82) is 0 Å². The summed E-state index contributed by atoms with van der Waals surface area (Å²) in [6.45, 7) is 3.96. The first kappa shape index (κ1) is 25.0. The van der Waals surface area contributed by atoms with E-state index in [0.717, 1.165) is 5.56 Å². The van der Waals surface area contributed by atoms with Crippen LogP contribution in [0.1, 0.15) is 32.3 Å². The highest BCUT2D eigenvalue weighted by molar-refractivity contribution is 8.14. The molecule has 174 valence electrons. The third-order valence-electron chi connectivity index (χ3n) is 5.22. The van der Waals surface area contributed by atoms with Crippen LogP contribution in [0.5, 0.6) is 0 Å². The van der Waals surface area contributed by atoms with Crippen molar-refractivity contribution in [1.82, 2.24) is 0 Å². The van der Waals surface area contributed by atoms with E-state index in [-0.39, 0.29) is 37.8 Å². The molecule has 1 aliphatic heterocycles. The van der Waals surface area contributed by atoms with Crippen molar-refractivity contribution in [2.24, 2.45) is 4.99 Å². The van der Waals surface area contributed by atoms with Gasteiger partial charge in [-0.15, -0.1) is 11.6 Å². The van der Waals surface area contributed by atoms with Gasteiger partial charge in [-0.05, 0) is 44.0 Å². The van der Waals surface area contributed by atoms with Crippen molar-refractivity contribution in [2.45, 2.75) is 42.4 Å². The number of para-hydroxylation sites is 1. The SMILES string of the molecule is CCOC(=O)/C=C/[C@H](Cl)[C@@]1(CCC(=O)OCC)C(Sc2ccccc2F)=Nc2ccccc21. The maximum atomic E-state index is 14.5. The number of aliphatic imine (C=N–C) groups is 1. The van der Waals surface area contributed by atoms with Crippen LogP contribution < -0.4 is 0 Å². The molecule has 2 atom stereocenters. The van der Waals surface area contributed by atoms with Gasteiger partial charge >= 0.3 is 11.9 Å². The van der Waals surface area contributed by atoms with Crippen LogP contribution in [0.25, 0.3) is 0 Å². The molecule has 2 aromatic rings. The van der Waals surface area contributed by atoms with Crippen molar-refractivity contribution in [3.8, 4) is 0 Å². The van der Waals surface area contributed by atoms with Crippen LogP contribution in [0.4, 0.5) is 10.1 Å². The van der Waals surface area contributed by atoms with Gasteiger partial charge in [0.05, 0.1) is 34.7 Å². The van der Waals surface area contributed by atoms with Crippen LogP contribution in [-0.4, -0.2) is 35.6 Å². The molecule has 0 fully saturated rings. The molecule has 0 saturated carbocycles. The third kappa shape index (κ3) is 5.65. The number of rotatable bonds is 9. The molecule has 0 radical (unpaired) electrons. The largest absolute Gasteiger partial charge is 0.466 e. The van der Waals surface area contributed by atoms with Crippen LogP contribution in [0, 0.1) is 5.82 Å². The number of alkyl halides is 1. The minimum atomic E-state index is -0.971. The molecule has 0 aliphatic carbocycles. The number of halogens is 2. The van der Waals surface area contributed by atoms with Crippen molar-refractivity contribution in [2.75, 3.05) is 13.2 Å². The van der Waals surface area contributed by atoms with E-state index in [1.807, 2.05) is 24.3 Å². The molecular formula is C25H25ClFNO4S. The molecule has 0 unspecified atom stereocenters. The van der Waals surface area contributed by atoms with Crippen LogP contribution in [-0.2, 0) is 24.5 Å². The Bertz CT molecular complexity index is 1070. The summed E-state index contributed by atoms with van der Waals surface area (Å²) in [6, 6.07) is 13.9. The first-order chi connectivity index (χ1) is 15.9. The summed E-state index contributed by atoms with van der Waals surface area (Å²) in [5, 5.41) is -0.218. The zero-order valence-corrected chi connectivity index (χ0v) is 20.0. The fourth-order valence-electron chi connectivity index (χ4n) is 3.71. The Hall–Kier alpha value is -2.64. The van der Waals surface area contributed by atoms with E-state index < -0.39 is 16.8 Å². The van der Waals surface area contributed by atoms with Gasteiger partial charge in [-0.25, -0.2) is 14.2 Å². The highest BCUT2D eigenvalue weighted by atomic mass is 35.5. The lowest BCUT2D eigenvalue weighted by Gasteiger charge is -2.34. The second-order valence-electron chi connectivity index (χ2n) is 7.26. The van der Waals surface area contributed by atoms with Gasteiger partial charge in [0.25, 0.3) is 0 Å². The number of carbonyl (C=O) groups excluding carboxylic acids is 2. The highest BCUT2D eigenvalue weighted by Gasteiger charge is 2.49. The van der Waals surface area contributed by atoms with E-state index in [4.69, 9.17) is 26.1 Å². The quantitative estimate of drug-likeness (QED) is 0.246. The molecule has 0 spiro atoms. The summed E-state index contributed by atoms with van der Waals surface area (Å²) in [7, 11) is 0. The number of esters is 2. The summed E-state index contributed by atoms with van der Waals surface area (Å²) in [5.74, 6) is -1.27. The molecule has 3 rings (SSSR count). The van der Waals surface area contributed by atoms with Gasteiger partial charge in [0.1, 0.15) is 5.82 Å². The van der Waals surface area contributed by atoms with Crippen LogP contribution >= 0.6 is 23.4 Å². The van der Waals surface area contributed by atoms with E-state index >= 15 is 0 Å².